The zero-order valence-corrected chi connectivity index (χ0v) is 20.5. The second kappa shape index (κ2) is 8.66. The SMILES string of the molecule is N#Cc1c2c(c3c(c1N1CCN(Cc4ccccc4)CC1)CCc1ccccc1-3)Cc1ccccc1-2. The van der Waals surface area contributed by atoms with Crippen LogP contribution in [0.3, 0.4) is 0 Å². The molecule has 0 bridgehead atoms. The van der Waals surface area contributed by atoms with Crippen LogP contribution in [-0.4, -0.2) is 31.1 Å². The van der Waals surface area contributed by atoms with E-state index in [4.69, 9.17) is 0 Å². The molecule has 4 aromatic rings. The Balaban J connectivity index is 1.34. The highest BCUT2D eigenvalue weighted by molar-refractivity contribution is 5.97. The fourth-order valence-corrected chi connectivity index (χ4v) is 6.67. The van der Waals surface area contributed by atoms with Crippen molar-refractivity contribution in [1.29, 1.82) is 5.26 Å². The third kappa shape index (κ3) is 3.37. The minimum Gasteiger partial charge on any atom is -0.368 e. The molecule has 1 heterocycles. The molecule has 0 amide bonds. The van der Waals surface area contributed by atoms with E-state index in [0.717, 1.165) is 57.5 Å². The monoisotopic (exact) mass is 467 g/mol. The first-order valence-electron chi connectivity index (χ1n) is 13.1. The Kier molecular flexibility index (Phi) is 5.15. The van der Waals surface area contributed by atoms with Gasteiger partial charge in [-0.25, -0.2) is 0 Å². The Morgan fingerprint density at radius 1 is 0.667 bits per heavy atom. The Bertz CT molecular complexity index is 1500. The average Bonchev–Trinajstić information content (AvgIpc) is 3.32. The molecule has 3 aliphatic rings. The predicted molar refractivity (Wildman–Crippen MR) is 146 cm³/mol. The van der Waals surface area contributed by atoms with E-state index in [0.29, 0.717) is 0 Å². The molecule has 0 spiro atoms. The summed E-state index contributed by atoms with van der Waals surface area (Å²) in [5.74, 6) is 0. The quantitative estimate of drug-likeness (QED) is 0.316. The van der Waals surface area contributed by atoms with E-state index >= 15 is 0 Å². The van der Waals surface area contributed by atoms with Crippen LogP contribution < -0.4 is 4.90 Å². The molecule has 3 nitrogen and oxygen atoms in total. The van der Waals surface area contributed by atoms with Gasteiger partial charge in [-0.2, -0.15) is 5.26 Å². The van der Waals surface area contributed by atoms with Gasteiger partial charge in [-0.05, 0) is 63.8 Å². The molecule has 0 atom stereocenters. The standard InChI is InChI=1S/C33H29N3/c34-21-30-32-27-13-7-5-11-25(27)20-29(32)31-26-12-6-4-10-24(26)14-15-28(31)33(30)36-18-16-35(17-19-36)22-23-8-2-1-3-9-23/h1-13H,14-20,22H2. The maximum Gasteiger partial charge on any atom is 0.102 e. The van der Waals surface area contributed by atoms with Crippen LogP contribution in [0.4, 0.5) is 5.69 Å². The van der Waals surface area contributed by atoms with E-state index in [2.05, 4.69) is 94.7 Å². The van der Waals surface area contributed by atoms with Gasteiger partial charge in [0.2, 0.25) is 0 Å². The number of benzene rings is 4. The molecule has 4 aromatic carbocycles. The van der Waals surface area contributed by atoms with E-state index in [-0.39, 0.29) is 0 Å². The highest BCUT2D eigenvalue weighted by Crippen LogP contribution is 2.52. The fourth-order valence-electron chi connectivity index (χ4n) is 6.67. The molecule has 3 heteroatoms. The number of aryl methyl sites for hydroxylation is 1. The number of nitriles is 1. The summed E-state index contributed by atoms with van der Waals surface area (Å²) in [6.45, 7) is 4.92. The number of rotatable bonds is 3. The highest BCUT2D eigenvalue weighted by Gasteiger charge is 2.35. The molecule has 1 saturated heterocycles. The number of piperazine rings is 1. The molecule has 36 heavy (non-hydrogen) atoms. The Morgan fingerprint density at radius 3 is 2.08 bits per heavy atom. The molecule has 1 aliphatic heterocycles. The lowest BCUT2D eigenvalue weighted by Gasteiger charge is -2.39. The van der Waals surface area contributed by atoms with Crippen molar-refractivity contribution in [2.75, 3.05) is 31.1 Å². The molecule has 7 rings (SSSR count). The van der Waals surface area contributed by atoms with Gasteiger partial charge in [0.15, 0.2) is 0 Å². The third-order valence-electron chi connectivity index (χ3n) is 8.31. The summed E-state index contributed by atoms with van der Waals surface area (Å²) in [5, 5.41) is 10.6. The van der Waals surface area contributed by atoms with Crippen molar-refractivity contribution in [2.45, 2.75) is 25.8 Å². The van der Waals surface area contributed by atoms with E-state index < -0.39 is 0 Å². The van der Waals surface area contributed by atoms with Crippen LogP contribution in [-0.2, 0) is 25.8 Å². The average molecular weight is 468 g/mol. The maximum absolute atomic E-state index is 10.6. The lowest BCUT2D eigenvalue weighted by molar-refractivity contribution is 0.249. The summed E-state index contributed by atoms with van der Waals surface area (Å²) in [5.41, 5.74) is 14.2. The van der Waals surface area contributed by atoms with Gasteiger partial charge in [-0.15, -0.1) is 0 Å². The van der Waals surface area contributed by atoms with Crippen molar-refractivity contribution in [2.24, 2.45) is 0 Å². The molecule has 176 valence electrons. The van der Waals surface area contributed by atoms with E-state index in [1.807, 2.05) is 0 Å². The lowest BCUT2D eigenvalue weighted by Crippen LogP contribution is -2.46. The van der Waals surface area contributed by atoms with Crippen molar-refractivity contribution >= 4 is 5.69 Å². The molecule has 1 fully saturated rings. The highest BCUT2D eigenvalue weighted by atomic mass is 15.3. The minimum absolute atomic E-state index is 0.893. The van der Waals surface area contributed by atoms with Crippen LogP contribution in [0.25, 0.3) is 22.3 Å². The number of anilines is 1. The molecular weight excluding hydrogens is 438 g/mol. The minimum atomic E-state index is 0.893. The lowest BCUT2D eigenvalue weighted by atomic mass is 9.78. The van der Waals surface area contributed by atoms with Crippen molar-refractivity contribution in [1.82, 2.24) is 4.90 Å². The second-order valence-electron chi connectivity index (χ2n) is 10.3. The number of fused-ring (bicyclic) bond motifs is 7. The van der Waals surface area contributed by atoms with Crippen molar-refractivity contribution in [3.63, 3.8) is 0 Å². The summed E-state index contributed by atoms with van der Waals surface area (Å²) in [6, 6.07) is 31.1. The topological polar surface area (TPSA) is 30.3 Å². The Labute approximate surface area is 213 Å². The van der Waals surface area contributed by atoms with Crippen LogP contribution in [0, 0.1) is 11.3 Å². The number of hydrogen-bond donors (Lipinski definition) is 0. The smallest absolute Gasteiger partial charge is 0.102 e. The zero-order valence-electron chi connectivity index (χ0n) is 20.5. The van der Waals surface area contributed by atoms with Crippen molar-refractivity contribution in [3.05, 3.63) is 112 Å². The summed E-state index contributed by atoms with van der Waals surface area (Å²) >= 11 is 0. The first-order chi connectivity index (χ1) is 17.8. The molecule has 0 radical (unpaired) electrons. The molecule has 0 aromatic heterocycles. The van der Waals surface area contributed by atoms with Gasteiger partial charge >= 0.3 is 0 Å². The summed E-state index contributed by atoms with van der Waals surface area (Å²) in [4.78, 5) is 5.07. The van der Waals surface area contributed by atoms with Gasteiger partial charge in [0.25, 0.3) is 0 Å². The molecule has 2 aliphatic carbocycles. The van der Waals surface area contributed by atoms with Gasteiger partial charge in [0.05, 0.1) is 11.3 Å². The van der Waals surface area contributed by atoms with Crippen molar-refractivity contribution in [3.8, 4) is 28.3 Å². The molecule has 0 unspecified atom stereocenters. The van der Waals surface area contributed by atoms with Crippen LogP contribution >= 0.6 is 0 Å². The number of nitrogens with zero attached hydrogens (tertiary/aromatic N) is 3. The van der Waals surface area contributed by atoms with Crippen LogP contribution in [0.1, 0.15) is 33.4 Å². The zero-order chi connectivity index (χ0) is 24.1. The predicted octanol–water partition coefficient (Wildman–Crippen LogP) is 6.22. The summed E-state index contributed by atoms with van der Waals surface area (Å²) in [7, 11) is 0. The van der Waals surface area contributed by atoms with Crippen LogP contribution in [0.2, 0.25) is 0 Å². The maximum atomic E-state index is 10.6. The Hall–Kier alpha value is -3.87. The van der Waals surface area contributed by atoms with Gasteiger partial charge in [-0.3, -0.25) is 4.90 Å². The third-order valence-corrected chi connectivity index (χ3v) is 8.31. The summed E-state index contributed by atoms with van der Waals surface area (Å²) < 4.78 is 0. The summed E-state index contributed by atoms with van der Waals surface area (Å²) in [6.07, 6.45) is 2.97. The van der Waals surface area contributed by atoms with E-state index in [9.17, 15) is 5.26 Å². The number of hydrogen-bond acceptors (Lipinski definition) is 3. The van der Waals surface area contributed by atoms with E-state index in [1.54, 1.807) is 0 Å². The van der Waals surface area contributed by atoms with Crippen LogP contribution in [0.5, 0.6) is 0 Å². The normalized spacial score (nSPS) is 16.0. The van der Waals surface area contributed by atoms with Crippen LogP contribution in [0.15, 0.2) is 78.9 Å². The largest absolute Gasteiger partial charge is 0.368 e. The molecule has 0 N–H and O–H groups in total. The van der Waals surface area contributed by atoms with Gasteiger partial charge < -0.3 is 4.90 Å². The second-order valence-corrected chi connectivity index (χ2v) is 10.3. The molecular formula is C33H29N3. The van der Waals surface area contributed by atoms with E-state index in [1.165, 1.54) is 55.8 Å². The van der Waals surface area contributed by atoms with Gasteiger partial charge in [0.1, 0.15) is 6.07 Å². The molecule has 0 saturated carbocycles. The fraction of sp³-hybridized carbons (Fsp3) is 0.242. The first kappa shape index (κ1) is 21.4. The Morgan fingerprint density at radius 2 is 1.33 bits per heavy atom. The van der Waals surface area contributed by atoms with Crippen molar-refractivity contribution < 1.29 is 0 Å². The van der Waals surface area contributed by atoms with Gasteiger partial charge in [-0.1, -0.05) is 78.9 Å². The van der Waals surface area contributed by atoms with Gasteiger partial charge in [0, 0.05) is 38.3 Å². The first-order valence-corrected chi connectivity index (χ1v) is 13.1.